The average Bonchev–Trinajstić information content (AvgIpc) is 2.91. The molecule has 5 nitrogen and oxygen atoms in total. The molecule has 0 aromatic heterocycles. The fraction of sp³-hybridized carbons (Fsp3) is 0.929. The van der Waals surface area contributed by atoms with E-state index in [9.17, 15) is 4.79 Å². The molecule has 2 saturated heterocycles. The highest BCUT2D eigenvalue weighted by Crippen LogP contribution is 2.36. The minimum absolute atomic E-state index is 0.255. The van der Waals surface area contributed by atoms with Gasteiger partial charge < -0.3 is 16.2 Å². The van der Waals surface area contributed by atoms with Gasteiger partial charge in [0, 0.05) is 13.1 Å². The second kappa shape index (κ2) is 5.04. The Bertz CT molecular complexity index is 351. The lowest BCUT2D eigenvalue weighted by Gasteiger charge is -2.34. The molecule has 4 N–H and O–H groups in total. The molecular weight excluding hydrogens is 242 g/mol. The minimum atomic E-state index is -0.759. The quantitative estimate of drug-likeness (QED) is 0.763. The van der Waals surface area contributed by atoms with Crippen LogP contribution in [0.5, 0.6) is 0 Å². The third-order valence-corrected chi connectivity index (χ3v) is 5.24. The minimum Gasteiger partial charge on any atom is -0.372 e. The molecule has 0 radical (unpaired) electrons. The number of carbonyl (C=O) groups excluding carboxylic acids is 1. The Morgan fingerprint density at radius 2 is 1.95 bits per heavy atom. The summed E-state index contributed by atoms with van der Waals surface area (Å²) in [6, 6.07) is 0. The van der Waals surface area contributed by atoms with Crippen molar-refractivity contribution in [2.75, 3.05) is 19.6 Å². The highest BCUT2D eigenvalue weighted by molar-refractivity contribution is 5.85. The predicted molar refractivity (Wildman–Crippen MR) is 72.4 cm³/mol. The Kier molecular flexibility index (Phi) is 3.53. The van der Waals surface area contributed by atoms with Crippen LogP contribution in [0.4, 0.5) is 0 Å². The van der Waals surface area contributed by atoms with Crippen molar-refractivity contribution < 1.29 is 9.53 Å². The fourth-order valence-corrected chi connectivity index (χ4v) is 4.05. The van der Waals surface area contributed by atoms with E-state index in [1.165, 1.54) is 12.8 Å². The molecule has 1 amide bonds. The molecule has 1 saturated carbocycles. The van der Waals surface area contributed by atoms with Gasteiger partial charge in [-0.2, -0.15) is 0 Å². The summed E-state index contributed by atoms with van der Waals surface area (Å²) in [4.78, 5) is 14.0. The fourth-order valence-electron chi connectivity index (χ4n) is 4.05. The van der Waals surface area contributed by atoms with Crippen LogP contribution in [-0.4, -0.2) is 48.2 Å². The van der Waals surface area contributed by atoms with Crippen LogP contribution in [0.1, 0.15) is 38.5 Å². The molecule has 3 aliphatic rings. The third-order valence-electron chi connectivity index (χ3n) is 5.24. The van der Waals surface area contributed by atoms with E-state index >= 15 is 0 Å². The normalized spacial score (nSPS) is 42.7. The summed E-state index contributed by atoms with van der Waals surface area (Å²) in [5.74, 6) is -0.0671. The van der Waals surface area contributed by atoms with E-state index in [-0.39, 0.29) is 11.8 Å². The molecule has 0 aromatic rings. The second-order valence-electron chi connectivity index (χ2n) is 6.50. The van der Waals surface area contributed by atoms with Crippen LogP contribution in [0.25, 0.3) is 0 Å². The van der Waals surface area contributed by atoms with Crippen molar-refractivity contribution in [1.29, 1.82) is 0 Å². The maximum absolute atomic E-state index is 11.6. The third kappa shape index (κ3) is 2.51. The van der Waals surface area contributed by atoms with Crippen LogP contribution >= 0.6 is 0 Å². The lowest BCUT2D eigenvalue weighted by atomic mass is 9.85. The van der Waals surface area contributed by atoms with Gasteiger partial charge in [0.05, 0.1) is 17.7 Å². The number of primary amides is 1. The van der Waals surface area contributed by atoms with Crippen LogP contribution in [0.15, 0.2) is 0 Å². The van der Waals surface area contributed by atoms with Gasteiger partial charge in [0.25, 0.3) is 0 Å². The van der Waals surface area contributed by atoms with Gasteiger partial charge in [0.2, 0.25) is 5.91 Å². The van der Waals surface area contributed by atoms with Crippen molar-refractivity contribution in [1.82, 2.24) is 4.90 Å². The molecule has 2 heterocycles. The molecule has 0 spiro atoms. The number of fused-ring (bicyclic) bond motifs is 2. The molecule has 3 rings (SSSR count). The van der Waals surface area contributed by atoms with Gasteiger partial charge in [-0.1, -0.05) is 6.42 Å². The molecule has 2 bridgehead atoms. The van der Waals surface area contributed by atoms with Crippen molar-refractivity contribution in [3.8, 4) is 0 Å². The first-order valence-electron chi connectivity index (χ1n) is 7.54. The molecular formula is C14H25N3O2. The maximum Gasteiger partial charge on any atom is 0.237 e. The molecule has 4 atom stereocenters. The number of carbonyl (C=O) groups is 1. The summed E-state index contributed by atoms with van der Waals surface area (Å²) in [6.45, 7) is 3.10. The average molecular weight is 267 g/mol. The van der Waals surface area contributed by atoms with Gasteiger partial charge in [-0.3, -0.25) is 9.69 Å². The van der Waals surface area contributed by atoms with Crippen LogP contribution in [0.2, 0.25) is 0 Å². The Morgan fingerprint density at radius 1 is 1.26 bits per heavy atom. The van der Waals surface area contributed by atoms with E-state index in [2.05, 4.69) is 4.90 Å². The number of nitrogens with zero attached hydrogens (tertiary/aromatic N) is 1. The summed E-state index contributed by atoms with van der Waals surface area (Å²) in [5, 5.41) is 0. The number of likely N-dealkylation sites (tertiary alicyclic amines) is 1. The first-order valence-corrected chi connectivity index (χ1v) is 7.54. The summed E-state index contributed by atoms with van der Waals surface area (Å²) < 4.78 is 5.84. The Hall–Kier alpha value is -0.650. The number of nitrogens with two attached hydrogens (primary N) is 2. The van der Waals surface area contributed by atoms with E-state index in [4.69, 9.17) is 16.2 Å². The van der Waals surface area contributed by atoms with Gasteiger partial charge >= 0.3 is 0 Å². The van der Waals surface area contributed by atoms with Gasteiger partial charge in [-0.05, 0) is 44.6 Å². The molecule has 3 fully saturated rings. The van der Waals surface area contributed by atoms with Gasteiger partial charge in [-0.15, -0.1) is 0 Å². The highest BCUT2D eigenvalue weighted by atomic mass is 16.5. The zero-order valence-electron chi connectivity index (χ0n) is 11.5. The number of amides is 1. The van der Waals surface area contributed by atoms with E-state index in [1.54, 1.807) is 0 Å². The molecule has 2 aliphatic heterocycles. The predicted octanol–water partition coefficient (Wildman–Crippen LogP) is 0.223. The monoisotopic (exact) mass is 267 g/mol. The second-order valence-corrected chi connectivity index (χ2v) is 6.50. The molecule has 0 aromatic carbocycles. The van der Waals surface area contributed by atoms with Crippen molar-refractivity contribution in [2.45, 2.75) is 56.3 Å². The van der Waals surface area contributed by atoms with Crippen LogP contribution < -0.4 is 11.5 Å². The SMILES string of the molecule is NC(=O)C1(N)CCCC1CCN1CC2CCC(C1)O2. The van der Waals surface area contributed by atoms with Crippen LogP contribution in [0.3, 0.4) is 0 Å². The number of morpholine rings is 1. The lowest BCUT2D eigenvalue weighted by Crippen LogP contribution is -2.55. The molecule has 108 valence electrons. The number of rotatable bonds is 4. The van der Waals surface area contributed by atoms with Crippen molar-refractivity contribution in [2.24, 2.45) is 17.4 Å². The Morgan fingerprint density at radius 3 is 2.58 bits per heavy atom. The first kappa shape index (κ1) is 13.3. The van der Waals surface area contributed by atoms with Crippen LogP contribution in [0, 0.1) is 5.92 Å². The topological polar surface area (TPSA) is 81.6 Å². The zero-order chi connectivity index (χ0) is 13.5. The summed E-state index contributed by atoms with van der Waals surface area (Å²) in [7, 11) is 0. The summed E-state index contributed by atoms with van der Waals surface area (Å²) in [5.41, 5.74) is 10.9. The van der Waals surface area contributed by atoms with Crippen molar-refractivity contribution in [3.05, 3.63) is 0 Å². The molecule has 4 unspecified atom stereocenters. The van der Waals surface area contributed by atoms with E-state index in [0.717, 1.165) is 45.3 Å². The largest absolute Gasteiger partial charge is 0.372 e. The van der Waals surface area contributed by atoms with E-state index < -0.39 is 5.54 Å². The number of hydrogen-bond donors (Lipinski definition) is 2. The summed E-state index contributed by atoms with van der Waals surface area (Å²) >= 11 is 0. The number of ether oxygens (including phenoxy) is 1. The Balaban J connectivity index is 1.53. The van der Waals surface area contributed by atoms with Crippen molar-refractivity contribution in [3.63, 3.8) is 0 Å². The molecule has 1 aliphatic carbocycles. The lowest BCUT2D eigenvalue weighted by molar-refractivity contribution is -0.124. The first-order chi connectivity index (χ1) is 9.08. The molecule has 19 heavy (non-hydrogen) atoms. The molecule has 5 heteroatoms. The van der Waals surface area contributed by atoms with Crippen molar-refractivity contribution >= 4 is 5.91 Å². The van der Waals surface area contributed by atoms with Gasteiger partial charge in [-0.25, -0.2) is 0 Å². The highest BCUT2D eigenvalue weighted by Gasteiger charge is 2.44. The van der Waals surface area contributed by atoms with Gasteiger partial charge in [0.1, 0.15) is 0 Å². The summed E-state index contributed by atoms with van der Waals surface area (Å²) in [6.07, 6.45) is 7.07. The number of hydrogen-bond acceptors (Lipinski definition) is 4. The van der Waals surface area contributed by atoms with Gasteiger partial charge in [0.15, 0.2) is 0 Å². The Labute approximate surface area is 114 Å². The maximum atomic E-state index is 11.6. The van der Waals surface area contributed by atoms with E-state index in [1.807, 2.05) is 0 Å². The smallest absolute Gasteiger partial charge is 0.237 e. The standard InChI is InChI=1S/C14H25N3O2/c15-13(18)14(16)6-1-2-10(14)5-7-17-8-11-3-4-12(9-17)19-11/h10-12H,1-9,16H2,(H2,15,18). The zero-order valence-corrected chi connectivity index (χ0v) is 11.5. The van der Waals surface area contributed by atoms with Crippen LogP contribution in [-0.2, 0) is 9.53 Å². The van der Waals surface area contributed by atoms with E-state index in [0.29, 0.717) is 12.2 Å².